The summed E-state index contributed by atoms with van der Waals surface area (Å²) in [6.45, 7) is 0.560. The molecule has 0 aromatic heterocycles. The lowest BCUT2D eigenvalue weighted by Crippen LogP contribution is -2.46. The van der Waals surface area contributed by atoms with Crippen LogP contribution in [0.25, 0.3) is 0 Å². The number of nitrogens with zero attached hydrogens (tertiary/aromatic N) is 1. The van der Waals surface area contributed by atoms with E-state index >= 15 is 0 Å². The van der Waals surface area contributed by atoms with Crippen LogP contribution >= 0.6 is 11.6 Å². The van der Waals surface area contributed by atoms with Gasteiger partial charge in [0, 0.05) is 18.1 Å². The van der Waals surface area contributed by atoms with Crippen molar-refractivity contribution in [1.82, 2.24) is 4.90 Å². The third-order valence-electron chi connectivity index (χ3n) is 4.25. The number of halogens is 1. The molecule has 2 rings (SSSR count). The fourth-order valence-corrected chi connectivity index (χ4v) is 2.86. The minimum Gasteiger partial charge on any atom is -0.481 e. The van der Waals surface area contributed by atoms with E-state index < -0.39 is 17.5 Å². The Morgan fingerprint density at radius 2 is 1.71 bits per heavy atom. The van der Waals surface area contributed by atoms with Crippen LogP contribution in [0.15, 0.2) is 24.3 Å². The van der Waals surface area contributed by atoms with E-state index in [0.29, 0.717) is 30.7 Å². The molecule has 0 spiro atoms. The highest BCUT2D eigenvalue weighted by molar-refractivity contribution is 6.30. The number of aliphatic carboxylic acids is 1. The van der Waals surface area contributed by atoms with Gasteiger partial charge >= 0.3 is 12.1 Å². The Labute approximate surface area is 128 Å². The minimum atomic E-state index is -0.980. The van der Waals surface area contributed by atoms with E-state index in [1.54, 1.807) is 12.1 Å². The van der Waals surface area contributed by atoms with E-state index in [2.05, 4.69) is 0 Å². The predicted octanol–water partition coefficient (Wildman–Crippen LogP) is 3.12. The van der Waals surface area contributed by atoms with Crippen molar-refractivity contribution in [2.45, 2.75) is 25.7 Å². The number of likely N-dealkylation sites (tertiary alicyclic amines) is 1. The highest BCUT2D eigenvalue weighted by Crippen LogP contribution is 2.36. The van der Waals surface area contributed by atoms with E-state index in [1.165, 1.54) is 4.90 Å². The molecule has 5 nitrogen and oxygen atoms in total. The van der Waals surface area contributed by atoms with Crippen LogP contribution in [0, 0.1) is 5.41 Å². The van der Waals surface area contributed by atoms with Gasteiger partial charge in [-0.05, 0) is 43.4 Å². The Bertz CT molecular complexity index is 521. The Morgan fingerprint density at radius 3 is 2.19 bits per heavy atom. The molecule has 114 valence electrons. The van der Waals surface area contributed by atoms with Crippen molar-refractivity contribution >= 4 is 23.7 Å². The van der Waals surface area contributed by atoms with Crippen molar-refractivity contribution in [2.75, 3.05) is 13.1 Å². The molecule has 0 radical (unpaired) electrons. The van der Waals surface area contributed by atoms with Gasteiger partial charge in [-0.25, -0.2) is 4.79 Å². The minimum absolute atomic E-state index is 0.280. The van der Waals surface area contributed by atoms with Gasteiger partial charge in [-0.15, -0.1) is 0 Å². The van der Waals surface area contributed by atoms with Crippen LogP contribution in [-0.4, -0.2) is 40.3 Å². The van der Waals surface area contributed by atoms with Gasteiger partial charge in [0.1, 0.15) is 0 Å². The molecule has 0 aliphatic carbocycles. The summed E-state index contributed by atoms with van der Waals surface area (Å²) in [5, 5.41) is 19.1. The van der Waals surface area contributed by atoms with Gasteiger partial charge in [0.2, 0.25) is 0 Å². The summed E-state index contributed by atoms with van der Waals surface area (Å²) in [6.07, 6.45) is 0.907. The largest absolute Gasteiger partial charge is 0.481 e. The molecule has 0 atom stereocenters. The summed E-state index contributed by atoms with van der Waals surface area (Å²) >= 11 is 5.83. The highest BCUT2D eigenvalue weighted by Gasteiger charge is 2.41. The Hall–Kier alpha value is -1.75. The molecule has 1 fully saturated rings. The van der Waals surface area contributed by atoms with Gasteiger partial charge in [0.15, 0.2) is 0 Å². The topological polar surface area (TPSA) is 77.8 Å². The third-order valence-corrected chi connectivity index (χ3v) is 4.50. The maximum Gasteiger partial charge on any atom is 0.407 e. The van der Waals surface area contributed by atoms with Gasteiger partial charge in [-0.2, -0.15) is 0 Å². The lowest BCUT2D eigenvalue weighted by molar-refractivity contribution is -0.152. The summed E-state index contributed by atoms with van der Waals surface area (Å²) in [5.74, 6) is -0.832. The monoisotopic (exact) mass is 311 g/mol. The van der Waals surface area contributed by atoms with E-state index in [1.807, 2.05) is 12.1 Å². The molecular formula is C15H18ClNO4. The number of hydrogen-bond donors (Lipinski definition) is 2. The zero-order valence-electron chi connectivity index (χ0n) is 11.6. The van der Waals surface area contributed by atoms with Crippen molar-refractivity contribution in [3.63, 3.8) is 0 Å². The first-order valence-electron chi connectivity index (χ1n) is 6.89. The Morgan fingerprint density at radius 1 is 1.14 bits per heavy atom. The van der Waals surface area contributed by atoms with Crippen molar-refractivity contribution in [3.8, 4) is 0 Å². The molecule has 1 heterocycles. The first-order chi connectivity index (χ1) is 9.93. The number of piperidine rings is 1. The van der Waals surface area contributed by atoms with E-state index in [-0.39, 0.29) is 13.1 Å². The van der Waals surface area contributed by atoms with Gasteiger partial charge in [-0.3, -0.25) is 4.79 Å². The molecule has 1 aromatic carbocycles. The maximum atomic E-state index is 11.6. The molecule has 21 heavy (non-hydrogen) atoms. The number of aryl methyl sites for hydroxylation is 1. The quantitative estimate of drug-likeness (QED) is 0.895. The average molecular weight is 312 g/mol. The predicted molar refractivity (Wildman–Crippen MR) is 78.7 cm³/mol. The first-order valence-corrected chi connectivity index (χ1v) is 7.26. The van der Waals surface area contributed by atoms with Crippen LogP contribution in [-0.2, 0) is 11.2 Å². The number of amides is 1. The van der Waals surface area contributed by atoms with Crippen molar-refractivity contribution in [1.29, 1.82) is 0 Å². The lowest BCUT2D eigenvalue weighted by Gasteiger charge is -2.37. The summed E-state index contributed by atoms with van der Waals surface area (Å²) in [5.41, 5.74) is 0.215. The van der Waals surface area contributed by atoms with E-state index in [4.69, 9.17) is 16.7 Å². The summed E-state index contributed by atoms with van der Waals surface area (Å²) in [6, 6.07) is 7.36. The molecule has 2 N–H and O–H groups in total. The van der Waals surface area contributed by atoms with Crippen LogP contribution < -0.4 is 0 Å². The zero-order chi connectivity index (χ0) is 15.5. The fraction of sp³-hybridized carbons (Fsp3) is 0.467. The second kappa shape index (κ2) is 6.35. The van der Waals surface area contributed by atoms with Gasteiger partial charge < -0.3 is 15.1 Å². The zero-order valence-corrected chi connectivity index (χ0v) is 12.3. The maximum absolute atomic E-state index is 11.6. The van der Waals surface area contributed by atoms with Crippen LogP contribution in [0.2, 0.25) is 5.02 Å². The normalized spacial score (nSPS) is 17.5. The summed E-state index contributed by atoms with van der Waals surface area (Å²) in [7, 11) is 0. The number of benzene rings is 1. The van der Waals surface area contributed by atoms with Crippen LogP contribution in [0.4, 0.5) is 4.79 Å². The van der Waals surface area contributed by atoms with Gasteiger partial charge in [0.05, 0.1) is 5.41 Å². The molecule has 0 saturated carbocycles. The highest BCUT2D eigenvalue weighted by atomic mass is 35.5. The molecule has 0 unspecified atom stereocenters. The van der Waals surface area contributed by atoms with E-state index in [0.717, 1.165) is 5.56 Å². The number of carboxylic acids is 1. The van der Waals surface area contributed by atoms with Crippen LogP contribution in [0.3, 0.4) is 0 Å². The average Bonchev–Trinajstić information content (AvgIpc) is 2.47. The number of carbonyl (C=O) groups is 2. The SMILES string of the molecule is O=C(O)N1CCC(CCc2ccc(Cl)cc2)(C(=O)O)CC1. The molecule has 1 aliphatic heterocycles. The standard InChI is InChI=1S/C15H18ClNO4/c16-12-3-1-11(2-4-12)5-6-15(13(18)19)7-9-17(10-8-15)14(20)21/h1-4H,5-10H2,(H,18,19)(H,20,21). The number of rotatable bonds is 4. The van der Waals surface area contributed by atoms with Crippen molar-refractivity contribution in [2.24, 2.45) is 5.41 Å². The summed E-state index contributed by atoms with van der Waals surface area (Å²) in [4.78, 5) is 23.8. The Balaban J connectivity index is 2.01. The molecule has 1 aliphatic rings. The molecule has 1 aromatic rings. The molecule has 6 heteroatoms. The first kappa shape index (κ1) is 15.6. The van der Waals surface area contributed by atoms with Gasteiger partial charge in [0.25, 0.3) is 0 Å². The van der Waals surface area contributed by atoms with Crippen LogP contribution in [0.1, 0.15) is 24.8 Å². The lowest BCUT2D eigenvalue weighted by atomic mass is 9.74. The smallest absolute Gasteiger partial charge is 0.407 e. The molecule has 1 saturated heterocycles. The molecule has 1 amide bonds. The Kier molecular flexibility index (Phi) is 4.73. The number of carboxylic acid groups (broad SMARTS) is 2. The third kappa shape index (κ3) is 3.67. The second-order valence-electron chi connectivity index (χ2n) is 5.48. The summed E-state index contributed by atoms with van der Waals surface area (Å²) < 4.78 is 0. The van der Waals surface area contributed by atoms with Crippen molar-refractivity contribution in [3.05, 3.63) is 34.9 Å². The van der Waals surface area contributed by atoms with Gasteiger partial charge in [-0.1, -0.05) is 23.7 Å². The number of hydrogen-bond acceptors (Lipinski definition) is 2. The molecular weight excluding hydrogens is 294 g/mol. The van der Waals surface area contributed by atoms with E-state index in [9.17, 15) is 14.7 Å². The van der Waals surface area contributed by atoms with Crippen LogP contribution in [0.5, 0.6) is 0 Å². The second-order valence-corrected chi connectivity index (χ2v) is 5.92. The molecule has 0 bridgehead atoms. The fourth-order valence-electron chi connectivity index (χ4n) is 2.73. The van der Waals surface area contributed by atoms with Crippen molar-refractivity contribution < 1.29 is 19.8 Å².